The standard InChI is InChI=1S/C23H18ClN3O2S/c1-14-3-5-16(6-4-14)21(28)25-23-27-26-22(30-23)17-7-9-18(10-8-17)29-19-11-12-20(24)15(2)13-19/h3-13H,1-2H3,(H,25,27,28). The number of ether oxygens (including phenoxy) is 1. The van der Waals surface area contributed by atoms with Gasteiger partial charge in [0.15, 0.2) is 0 Å². The van der Waals surface area contributed by atoms with Gasteiger partial charge in [-0.3, -0.25) is 10.1 Å². The van der Waals surface area contributed by atoms with Crippen molar-refractivity contribution in [2.24, 2.45) is 0 Å². The molecule has 7 heteroatoms. The summed E-state index contributed by atoms with van der Waals surface area (Å²) in [6, 6.07) is 20.5. The molecule has 30 heavy (non-hydrogen) atoms. The lowest BCUT2D eigenvalue weighted by Crippen LogP contribution is -2.11. The Labute approximate surface area is 183 Å². The van der Waals surface area contributed by atoms with E-state index in [9.17, 15) is 4.79 Å². The number of amides is 1. The zero-order chi connectivity index (χ0) is 21.1. The van der Waals surface area contributed by atoms with Crippen molar-refractivity contribution < 1.29 is 9.53 Å². The molecule has 0 aliphatic carbocycles. The Morgan fingerprint density at radius 1 is 0.933 bits per heavy atom. The molecule has 1 N–H and O–H groups in total. The molecule has 0 aliphatic heterocycles. The van der Waals surface area contributed by atoms with Gasteiger partial charge in [-0.05, 0) is 74.0 Å². The van der Waals surface area contributed by atoms with Crippen LogP contribution in [0.5, 0.6) is 11.5 Å². The van der Waals surface area contributed by atoms with Crippen LogP contribution < -0.4 is 10.1 Å². The van der Waals surface area contributed by atoms with E-state index in [1.54, 1.807) is 12.1 Å². The van der Waals surface area contributed by atoms with E-state index in [-0.39, 0.29) is 5.91 Å². The van der Waals surface area contributed by atoms with E-state index in [1.807, 2.05) is 68.4 Å². The van der Waals surface area contributed by atoms with Gasteiger partial charge in [-0.25, -0.2) is 0 Å². The number of anilines is 1. The maximum Gasteiger partial charge on any atom is 0.257 e. The molecule has 4 rings (SSSR count). The second-order valence-electron chi connectivity index (χ2n) is 6.77. The first-order chi connectivity index (χ1) is 14.5. The number of aryl methyl sites for hydroxylation is 2. The zero-order valence-electron chi connectivity index (χ0n) is 16.3. The quantitative estimate of drug-likeness (QED) is 0.387. The van der Waals surface area contributed by atoms with Crippen molar-refractivity contribution in [3.63, 3.8) is 0 Å². The molecule has 4 aromatic rings. The first-order valence-corrected chi connectivity index (χ1v) is 10.4. The van der Waals surface area contributed by atoms with Crippen LogP contribution in [0.4, 0.5) is 5.13 Å². The van der Waals surface area contributed by atoms with Gasteiger partial charge in [0, 0.05) is 16.1 Å². The third-order valence-corrected chi connectivity index (χ3v) is 5.74. The number of nitrogens with zero attached hydrogens (tertiary/aromatic N) is 2. The zero-order valence-corrected chi connectivity index (χ0v) is 17.9. The van der Waals surface area contributed by atoms with Crippen molar-refractivity contribution in [2.75, 3.05) is 5.32 Å². The summed E-state index contributed by atoms with van der Waals surface area (Å²) in [5.74, 6) is 1.22. The monoisotopic (exact) mass is 435 g/mol. The molecular weight excluding hydrogens is 418 g/mol. The van der Waals surface area contributed by atoms with Gasteiger partial charge in [-0.15, -0.1) is 10.2 Å². The fourth-order valence-electron chi connectivity index (χ4n) is 2.75. The lowest BCUT2D eigenvalue weighted by molar-refractivity contribution is 0.102. The first kappa shape index (κ1) is 20.1. The molecule has 1 aromatic heterocycles. The number of rotatable bonds is 5. The Bertz CT molecular complexity index is 1190. The van der Waals surface area contributed by atoms with Crippen LogP contribution in [0.1, 0.15) is 21.5 Å². The SMILES string of the molecule is Cc1ccc(C(=O)Nc2nnc(-c3ccc(Oc4ccc(Cl)c(C)c4)cc3)s2)cc1. The predicted molar refractivity (Wildman–Crippen MR) is 121 cm³/mol. The summed E-state index contributed by atoms with van der Waals surface area (Å²) in [6.07, 6.45) is 0. The van der Waals surface area contributed by atoms with E-state index in [0.29, 0.717) is 26.5 Å². The highest BCUT2D eigenvalue weighted by atomic mass is 35.5. The summed E-state index contributed by atoms with van der Waals surface area (Å²) in [6.45, 7) is 3.91. The number of aromatic nitrogens is 2. The highest BCUT2D eigenvalue weighted by Crippen LogP contribution is 2.30. The van der Waals surface area contributed by atoms with Crippen molar-refractivity contribution in [3.05, 3.63) is 88.4 Å². The minimum atomic E-state index is -0.209. The highest BCUT2D eigenvalue weighted by Gasteiger charge is 2.11. The Morgan fingerprint density at radius 3 is 2.33 bits per heavy atom. The minimum absolute atomic E-state index is 0.209. The summed E-state index contributed by atoms with van der Waals surface area (Å²) in [4.78, 5) is 12.3. The van der Waals surface area contributed by atoms with Gasteiger partial charge in [0.1, 0.15) is 16.5 Å². The van der Waals surface area contributed by atoms with E-state index in [4.69, 9.17) is 16.3 Å². The third-order valence-electron chi connectivity index (χ3n) is 4.43. The van der Waals surface area contributed by atoms with Gasteiger partial charge >= 0.3 is 0 Å². The van der Waals surface area contributed by atoms with E-state index in [1.165, 1.54) is 11.3 Å². The summed E-state index contributed by atoms with van der Waals surface area (Å²) in [5.41, 5.74) is 3.53. The Kier molecular flexibility index (Phi) is 5.79. The lowest BCUT2D eigenvalue weighted by Gasteiger charge is -2.07. The van der Waals surface area contributed by atoms with Gasteiger partial charge in [0.2, 0.25) is 5.13 Å². The molecule has 1 amide bonds. The molecule has 0 aliphatic rings. The molecule has 0 spiro atoms. The second kappa shape index (κ2) is 8.65. The average molecular weight is 436 g/mol. The molecule has 0 radical (unpaired) electrons. The van der Waals surface area contributed by atoms with Crippen LogP contribution in [0.2, 0.25) is 5.02 Å². The second-order valence-corrected chi connectivity index (χ2v) is 8.15. The number of nitrogens with one attached hydrogen (secondary N) is 1. The molecule has 0 atom stereocenters. The van der Waals surface area contributed by atoms with Crippen molar-refractivity contribution in [3.8, 4) is 22.1 Å². The predicted octanol–water partition coefficient (Wildman–Crippen LogP) is 6.52. The maximum absolute atomic E-state index is 12.3. The van der Waals surface area contributed by atoms with Crippen LogP contribution in [0.25, 0.3) is 10.6 Å². The molecule has 3 aromatic carbocycles. The van der Waals surface area contributed by atoms with Crippen LogP contribution in [-0.4, -0.2) is 16.1 Å². The molecule has 5 nitrogen and oxygen atoms in total. The summed E-state index contributed by atoms with van der Waals surface area (Å²) < 4.78 is 5.87. The summed E-state index contributed by atoms with van der Waals surface area (Å²) >= 11 is 7.37. The maximum atomic E-state index is 12.3. The van der Waals surface area contributed by atoms with Gasteiger partial charge in [-0.1, -0.05) is 40.6 Å². The number of halogens is 1. The van der Waals surface area contributed by atoms with Crippen molar-refractivity contribution in [1.82, 2.24) is 10.2 Å². The van der Waals surface area contributed by atoms with Crippen LogP contribution in [0.3, 0.4) is 0 Å². The van der Waals surface area contributed by atoms with Crippen molar-refractivity contribution >= 4 is 34.0 Å². The van der Waals surface area contributed by atoms with E-state index >= 15 is 0 Å². The molecule has 0 fully saturated rings. The lowest BCUT2D eigenvalue weighted by atomic mass is 10.1. The fraction of sp³-hybridized carbons (Fsp3) is 0.0870. The molecule has 0 unspecified atom stereocenters. The van der Waals surface area contributed by atoms with Gasteiger partial charge in [0.25, 0.3) is 5.91 Å². The van der Waals surface area contributed by atoms with E-state index in [2.05, 4.69) is 15.5 Å². The van der Waals surface area contributed by atoms with Gasteiger partial charge in [0.05, 0.1) is 0 Å². The highest BCUT2D eigenvalue weighted by molar-refractivity contribution is 7.18. The largest absolute Gasteiger partial charge is 0.457 e. The minimum Gasteiger partial charge on any atom is -0.457 e. The van der Waals surface area contributed by atoms with Crippen molar-refractivity contribution in [2.45, 2.75) is 13.8 Å². The van der Waals surface area contributed by atoms with Crippen LogP contribution in [0.15, 0.2) is 66.7 Å². The Morgan fingerprint density at radius 2 is 1.63 bits per heavy atom. The Hall–Kier alpha value is -3.22. The molecule has 0 saturated carbocycles. The Balaban J connectivity index is 1.43. The number of benzene rings is 3. The number of hydrogen-bond donors (Lipinski definition) is 1. The topological polar surface area (TPSA) is 64.1 Å². The van der Waals surface area contributed by atoms with Gasteiger partial charge < -0.3 is 4.74 Å². The smallest absolute Gasteiger partial charge is 0.257 e. The molecule has 1 heterocycles. The average Bonchev–Trinajstić information content (AvgIpc) is 3.20. The first-order valence-electron chi connectivity index (χ1n) is 9.24. The number of carbonyl (C=O) groups excluding carboxylic acids is 1. The summed E-state index contributed by atoms with van der Waals surface area (Å²) in [5, 5.41) is 12.9. The van der Waals surface area contributed by atoms with Gasteiger partial charge in [-0.2, -0.15) is 0 Å². The molecular formula is C23H18ClN3O2S. The summed E-state index contributed by atoms with van der Waals surface area (Å²) in [7, 11) is 0. The third kappa shape index (κ3) is 4.67. The van der Waals surface area contributed by atoms with Crippen LogP contribution >= 0.6 is 22.9 Å². The number of hydrogen-bond acceptors (Lipinski definition) is 5. The van der Waals surface area contributed by atoms with E-state index in [0.717, 1.165) is 22.4 Å². The van der Waals surface area contributed by atoms with E-state index < -0.39 is 0 Å². The van der Waals surface area contributed by atoms with Crippen molar-refractivity contribution in [1.29, 1.82) is 0 Å². The van der Waals surface area contributed by atoms with Crippen LogP contribution in [0, 0.1) is 13.8 Å². The van der Waals surface area contributed by atoms with Crippen LogP contribution in [-0.2, 0) is 0 Å². The molecule has 0 saturated heterocycles. The molecule has 150 valence electrons. The normalized spacial score (nSPS) is 10.6. The molecule has 0 bridgehead atoms. The number of carbonyl (C=O) groups is 1. The fourth-order valence-corrected chi connectivity index (χ4v) is 3.61.